The van der Waals surface area contributed by atoms with Crippen LogP contribution < -0.4 is 11.1 Å². The lowest BCUT2D eigenvalue weighted by Gasteiger charge is -2.08. The van der Waals surface area contributed by atoms with Crippen LogP contribution in [0.25, 0.3) is 0 Å². The lowest BCUT2D eigenvalue weighted by atomic mass is 10.1. The summed E-state index contributed by atoms with van der Waals surface area (Å²) in [6.45, 7) is 0. The lowest BCUT2D eigenvalue weighted by Crippen LogP contribution is -2.18. The Balaban J connectivity index is 2.29. The largest absolute Gasteiger partial charge is 0.459 e. The van der Waals surface area contributed by atoms with E-state index in [9.17, 15) is 9.59 Å². The van der Waals surface area contributed by atoms with E-state index in [-0.39, 0.29) is 11.3 Å². The highest BCUT2D eigenvalue weighted by Crippen LogP contribution is 2.19. The van der Waals surface area contributed by atoms with Crippen LogP contribution in [0.5, 0.6) is 0 Å². The smallest absolute Gasteiger partial charge is 0.291 e. The summed E-state index contributed by atoms with van der Waals surface area (Å²) in [4.78, 5) is 23.1. The second-order valence-corrected chi connectivity index (χ2v) is 4.73. The summed E-state index contributed by atoms with van der Waals surface area (Å²) >= 11 is 2.06. The zero-order valence-corrected chi connectivity index (χ0v) is 11.3. The molecule has 5 nitrogen and oxygen atoms in total. The molecule has 0 unspecified atom stereocenters. The van der Waals surface area contributed by atoms with Crippen molar-refractivity contribution in [3.63, 3.8) is 0 Å². The Hall–Kier alpha value is -1.83. The third-order valence-corrected chi connectivity index (χ3v) is 2.91. The first kappa shape index (κ1) is 12.6. The molecule has 0 aliphatic rings. The highest BCUT2D eigenvalue weighted by molar-refractivity contribution is 14.1. The summed E-state index contributed by atoms with van der Waals surface area (Å²) in [7, 11) is 0. The Morgan fingerprint density at radius 2 is 2.06 bits per heavy atom. The molecule has 0 atom stereocenters. The van der Waals surface area contributed by atoms with Gasteiger partial charge in [0, 0.05) is 3.57 Å². The number of benzene rings is 1. The number of nitrogens with two attached hydrogens (primary N) is 1. The van der Waals surface area contributed by atoms with E-state index in [4.69, 9.17) is 10.2 Å². The van der Waals surface area contributed by atoms with E-state index in [1.165, 1.54) is 12.3 Å². The molecule has 0 aliphatic heterocycles. The SMILES string of the molecule is NC(=O)c1cc(I)ccc1NC(=O)c1ccco1. The Morgan fingerprint density at radius 1 is 1.28 bits per heavy atom. The van der Waals surface area contributed by atoms with Crippen molar-refractivity contribution >= 4 is 40.1 Å². The zero-order chi connectivity index (χ0) is 13.1. The van der Waals surface area contributed by atoms with Gasteiger partial charge in [-0.3, -0.25) is 9.59 Å². The minimum atomic E-state index is -0.594. The highest BCUT2D eigenvalue weighted by atomic mass is 127. The van der Waals surface area contributed by atoms with Gasteiger partial charge in [-0.25, -0.2) is 0 Å². The van der Waals surface area contributed by atoms with Crippen LogP contribution in [0.1, 0.15) is 20.9 Å². The molecule has 1 aromatic carbocycles. The van der Waals surface area contributed by atoms with Crippen LogP contribution in [-0.4, -0.2) is 11.8 Å². The van der Waals surface area contributed by atoms with Gasteiger partial charge in [0.25, 0.3) is 11.8 Å². The third-order valence-electron chi connectivity index (χ3n) is 2.24. The molecule has 2 aromatic rings. The summed E-state index contributed by atoms with van der Waals surface area (Å²) in [5.74, 6) is -0.851. The van der Waals surface area contributed by atoms with Crippen molar-refractivity contribution in [3.05, 3.63) is 51.5 Å². The molecular formula is C12H9IN2O3. The van der Waals surface area contributed by atoms with Gasteiger partial charge in [0.2, 0.25) is 0 Å². The molecule has 18 heavy (non-hydrogen) atoms. The first-order valence-corrected chi connectivity index (χ1v) is 6.10. The van der Waals surface area contributed by atoms with Gasteiger partial charge in [0.1, 0.15) is 0 Å². The first-order valence-electron chi connectivity index (χ1n) is 5.02. The van der Waals surface area contributed by atoms with Crippen LogP contribution in [0.2, 0.25) is 0 Å². The molecule has 0 saturated carbocycles. The number of primary amides is 1. The maximum absolute atomic E-state index is 11.8. The summed E-state index contributed by atoms with van der Waals surface area (Å²) < 4.78 is 5.82. The van der Waals surface area contributed by atoms with Crippen LogP contribution in [0.15, 0.2) is 41.0 Å². The summed E-state index contributed by atoms with van der Waals surface area (Å²) in [6, 6.07) is 8.15. The van der Waals surface area contributed by atoms with Crippen molar-refractivity contribution in [1.82, 2.24) is 0 Å². The van der Waals surface area contributed by atoms with Gasteiger partial charge in [-0.15, -0.1) is 0 Å². The fourth-order valence-corrected chi connectivity index (χ4v) is 1.91. The van der Waals surface area contributed by atoms with Crippen LogP contribution in [0, 0.1) is 3.57 Å². The molecule has 0 bridgehead atoms. The monoisotopic (exact) mass is 356 g/mol. The molecule has 0 fully saturated rings. The van der Waals surface area contributed by atoms with Gasteiger partial charge >= 0.3 is 0 Å². The van der Waals surface area contributed by atoms with E-state index < -0.39 is 11.8 Å². The minimum Gasteiger partial charge on any atom is -0.459 e. The van der Waals surface area contributed by atoms with E-state index in [2.05, 4.69) is 27.9 Å². The molecule has 92 valence electrons. The topological polar surface area (TPSA) is 85.3 Å². The molecule has 2 amide bonds. The molecule has 0 radical (unpaired) electrons. The molecule has 3 N–H and O–H groups in total. The fourth-order valence-electron chi connectivity index (χ4n) is 1.42. The second-order valence-electron chi connectivity index (χ2n) is 3.49. The fraction of sp³-hybridized carbons (Fsp3) is 0. The molecule has 0 spiro atoms. The maximum atomic E-state index is 11.8. The summed E-state index contributed by atoms with van der Waals surface area (Å²) in [6.07, 6.45) is 1.40. The second kappa shape index (κ2) is 5.21. The van der Waals surface area contributed by atoms with Crippen molar-refractivity contribution < 1.29 is 14.0 Å². The van der Waals surface area contributed by atoms with Crippen molar-refractivity contribution in [1.29, 1.82) is 0 Å². The van der Waals surface area contributed by atoms with Crippen molar-refractivity contribution in [2.75, 3.05) is 5.32 Å². The van der Waals surface area contributed by atoms with Gasteiger partial charge in [-0.05, 0) is 52.9 Å². The van der Waals surface area contributed by atoms with E-state index in [1.807, 2.05) is 0 Å². The molecule has 6 heteroatoms. The standard InChI is InChI=1S/C12H9IN2O3/c13-7-3-4-9(8(6-7)11(14)16)15-12(17)10-2-1-5-18-10/h1-6H,(H2,14,16)(H,15,17). The van der Waals surface area contributed by atoms with E-state index in [0.29, 0.717) is 5.69 Å². The van der Waals surface area contributed by atoms with E-state index >= 15 is 0 Å². The number of carbonyl (C=O) groups is 2. The number of hydrogen-bond donors (Lipinski definition) is 2. The number of hydrogen-bond acceptors (Lipinski definition) is 3. The number of nitrogens with one attached hydrogen (secondary N) is 1. The molecule has 0 saturated heterocycles. The van der Waals surface area contributed by atoms with Gasteiger partial charge in [-0.2, -0.15) is 0 Å². The molecule has 1 heterocycles. The first-order chi connectivity index (χ1) is 8.58. The van der Waals surface area contributed by atoms with Gasteiger partial charge in [0.15, 0.2) is 5.76 Å². The third kappa shape index (κ3) is 2.70. The maximum Gasteiger partial charge on any atom is 0.291 e. The van der Waals surface area contributed by atoms with Crippen LogP contribution in [0.3, 0.4) is 0 Å². The molecule has 0 aliphatic carbocycles. The van der Waals surface area contributed by atoms with Crippen LogP contribution in [-0.2, 0) is 0 Å². The Kier molecular flexibility index (Phi) is 3.66. The number of carbonyl (C=O) groups excluding carboxylic acids is 2. The molecule has 1 aromatic heterocycles. The lowest BCUT2D eigenvalue weighted by molar-refractivity contribution is 0.0996. The molecular weight excluding hydrogens is 347 g/mol. The number of halogens is 1. The average Bonchev–Trinajstić information content (AvgIpc) is 2.84. The number of amides is 2. The van der Waals surface area contributed by atoms with Gasteiger partial charge < -0.3 is 15.5 Å². The van der Waals surface area contributed by atoms with Crippen LogP contribution in [0.4, 0.5) is 5.69 Å². The number of anilines is 1. The van der Waals surface area contributed by atoms with Crippen molar-refractivity contribution in [2.45, 2.75) is 0 Å². The van der Waals surface area contributed by atoms with E-state index in [1.54, 1.807) is 24.3 Å². The normalized spacial score (nSPS) is 10.1. The molecule has 2 rings (SSSR count). The van der Waals surface area contributed by atoms with Gasteiger partial charge in [0.05, 0.1) is 17.5 Å². The Labute approximate surface area is 116 Å². The summed E-state index contributed by atoms with van der Waals surface area (Å²) in [5, 5.41) is 2.58. The summed E-state index contributed by atoms with van der Waals surface area (Å²) in [5.41, 5.74) is 5.89. The van der Waals surface area contributed by atoms with Crippen molar-refractivity contribution in [2.24, 2.45) is 5.73 Å². The van der Waals surface area contributed by atoms with Crippen LogP contribution >= 0.6 is 22.6 Å². The number of rotatable bonds is 3. The quantitative estimate of drug-likeness (QED) is 0.828. The van der Waals surface area contributed by atoms with Crippen molar-refractivity contribution in [3.8, 4) is 0 Å². The Morgan fingerprint density at radius 3 is 2.67 bits per heavy atom. The minimum absolute atomic E-state index is 0.170. The van der Waals surface area contributed by atoms with E-state index in [0.717, 1.165) is 3.57 Å². The zero-order valence-electron chi connectivity index (χ0n) is 9.14. The Bertz CT molecular complexity index is 593. The van der Waals surface area contributed by atoms with Gasteiger partial charge in [-0.1, -0.05) is 0 Å². The highest BCUT2D eigenvalue weighted by Gasteiger charge is 2.14. The number of furan rings is 1. The average molecular weight is 356 g/mol. The predicted octanol–water partition coefficient (Wildman–Crippen LogP) is 2.24. The predicted molar refractivity (Wildman–Crippen MR) is 74.3 cm³/mol.